The van der Waals surface area contributed by atoms with E-state index in [9.17, 15) is 4.79 Å². The van der Waals surface area contributed by atoms with Gasteiger partial charge in [0.1, 0.15) is 5.60 Å². The Bertz CT molecular complexity index is 273. The number of carbonyl (C=O) groups is 1. The molecule has 4 heteroatoms. The molecule has 2 aliphatic rings. The van der Waals surface area contributed by atoms with Crippen LogP contribution in [0.15, 0.2) is 0 Å². The maximum atomic E-state index is 11.9. The van der Waals surface area contributed by atoms with Gasteiger partial charge in [0, 0.05) is 13.1 Å². The van der Waals surface area contributed by atoms with Gasteiger partial charge < -0.3 is 15.0 Å². The van der Waals surface area contributed by atoms with Crippen molar-refractivity contribution in [1.29, 1.82) is 0 Å². The van der Waals surface area contributed by atoms with Gasteiger partial charge in [0.25, 0.3) is 0 Å². The van der Waals surface area contributed by atoms with Crippen molar-refractivity contribution in [3.8, 4) is 0 Å². The number of nitrogens with zero attached hydrogens (tertiary/aromatic N) is 1. The molecule has 0 radical (unpaired) electrons. The van der Waals surface area contributed by atoms with Crippen molar-refractivity contribution in [1.82, 2.24) is 10.2 Å². The lowest BCUT2D eigenvalue weighted by atomic mass is 9.89. The molecule has 0 aromatic heterocycles. The van der Waals surface area contributed by atoms with E-state index in [1.165, 1.54) is 0 Å². The number of rotatable bonds is 0. The number of amides is 1. The van der Waals surface area contributed by atoms with Crippen molar-refractivity contribution < 1.29 is 9.53 Å². The number of fused-ring (bicyclic) bond motifs is 1. The molecule has 0 aliphatic carbocycles. The smallest absolute Gasteiger partial charge is 0.410 e. The van der Waals surface area contributed by atoms with E-state index in [4.69, 9.17) is 4.74 Å². The van der Waals surface area contributed by atoms with Crippen molar-refractivity contribution >= 4 is 6.09 Å². The number of piperidine rings is 1. The van der Waals surface area contributed by atoms with Crippen LogP contribution in [-0.4, -0.2) is 42.8 Å². The summed E-state index contributed by atoms with van der Waals surface area (Å²) in [6, 6.07) is 0. The fourth-order valence-electron chi connectivity index (χ4n) is 2.53. The summed E-state index contributed by atoms with van der Waals surface area (Å²) in [5.74, 6) is 1.39. The fraction of sp³-hybridized carbons (Fsp3) is 0.917. The number of ether oxygens (including phenoxy) is 1. The highest BCUT2D eigenvalue weighted by molar-refractivity contribution is 5.68. The molecule has 0 unspecified atom stereocenters. The Hall–Kier alpha value is -0.770. The lowest BCUT2D eigenvalue weighted by Gasteiger charge is -2.35. The summed E-state index contributed by atoms with van der Waals surface area (Å²) in [4.78, 5) is 13.7. The molecule has 2 fully saturated rings. The first kappa shape index (κ1) is 11.7. The van der Waals surface area contributed by atoms with Gasteiger partial charge >= 0.3 is 6.09 Å². The Labute approximate surface area is 97.3 Å². The predicted molar refractivity (Wildman–Crippen MR) is 62.3 cm³/mol. The van der Waals surface area contributed by atoms with Gasteiger partial charge in [-0.25, -0.2) is 4.79 Å². The molecule has 0 aromatic rings. The van der Waals surface area contributed by atoms with Crippen LogP contribution in [0.25, 0.3) is 0 Å². The first-order valence-corrected chi connectivity index (χ1v) is 6.14. The second-order valence-electron chi connectivity index (χ2n) is 5.89. The molecule has 0 saturated carbocycles. The minimum Gasteiger partial charge on any atom is -0.444 e. The van der Waals surface area contributed by atoms with Gasteiger partial charge in [-0.3, -0.25) is 0 Å². The summed E-state index contributed by atoms with van der Waals surface area (Å²) in [6.45, 7) is 9.60. The Morgan fingerprint density at radius 1 is 1.31 bits per heavy atom. The average molecular weight is 226 g/mol. The zero-order valence-electron chi connectivity index (χ0n) is 10.5. The molecule has 1 amide bonds. The summed E-state index contributed by atoms with van der Waals surface area (Å²) in [5, 5.41) is 3.39. The largest absolute Gasteiger partial charge is 0.444 e. The number of nitrogens with one attached hydrogen (secondary N) is 1. The van der Waals surface area contributed by atoms with Gasteiger partial charge in [-0.05, 0) is 52.1 Å². The maximum Gasteiger partial charge on any atom is 0.410 e. The summed E-state index contributed by atoms with van der Waals surface area (Å²) in [7, 11) is 0. The molecule has 4 nitrogen and oxygen atoms in total. The number of hydrogen-bond acceptors (Lipinski definition) is 3. The van der Waals surface area contributed by atoms with E-state index >= 15 is 0 Å². The molecule has 2 aliphatic heterocycles. The lowest BCUT2D eigenvalue weighted by molar-refractivity contribution is 0.0140. The molecular weight excluding hydrogens is 204 g/mol. The minimum atomic E-state index is -0.387. The highest BCUT2D eigenvalue weighted by Crippen LogP contribution is 2.27. The van der Waals surface area contributed by atoms with Gasteiger partial charge in [0.05, 0.1) is 0 Å². The van der Waals surface area contributed by atoms with Crippen LogP contribution in [0.1, 0.15) is 27.2 Å². The molecule has 0 spiro atoms. The summed E-state index contributed by atoms with van der Waals surface area (Å²) < 4.78 is 5.39. The molecular formula is C12H22N2O2. The van der Waals surface area contributed by atoms with E-state index < -0.39 is 0 Å². The quantitative estimate of drug-likeness (QED) is 0.680. The number of likely N-dealkylation sites (tertiary alicyclic amines) is 1. The van der Waals surface area contributed by atoms with E-state index in [0.29, 0.717) is 5.92 Å². The van der Waals surface area contributed by atoms with Gasteiger partial charge in [0.2, 0.25) is 0 Å². The molecule has 16 heavy (non-hydrogen) atoms. The van der Waals surface area contributed by atoms with Crippen LogP contribution in [0, 0.1) is 11.8 Å². The van der Waals surface area contributed by atoms with Crippen LogP contribution in [-0.2, 0) is 4.74 Å². The standard InChI is InChI=1S/C12H22N2O2/c1-12(2,3)16-11(15)14-5-4-9-6-13-7-10(9)8-14/h9-10,13H,4-8H2,1-3H3/t9-,10+/m0/s1. The van der Waals surface area contributed by atoms with E-state index in [-0.39, 0.29) is 11.7 Å². The lowest BCUT2D eigenvalue weighted by Crippen LogP contribution is -2.45. The Morgan fingerprint density at radius 2 is 2.00 bits per heavy atom. The maximum absolute atomic E-state index is 11.9. The van der Waals surface area contributed by atoms with Crippen molar-refractivity contribution in [2.45, 2.75) is 32.8 Å². The number of hydrogen-bond donors (Lipinski definition) is 1. The molecule has 0 aromatic carbocycles. The molecule has 2 heterocycles. The molecule has 2 rings (SSSR count). The normalized spacial score (nSPS) is 30.1. The van der Waals surface area contributed by atoms with Crippen molar-refractivity contribution in [2.75, 3.05) is 26.2 Å². The highest BCUT2D eigenvalue weighted by Gasteiger charge is 2.35. The van der Waals surface area contributed by atoms with Crippen LogP contribution >= 0.6 is 0 Å². The van der Waals surface area contributed by atoms with Gasteiger partial charge in [-0.1, -0.05) is 0 Å². The minimum absolute atomic E-state index is 0.155. The Kier molecular flexibility index (Phi) is 3.10. The third-order valence-corrected chi connectivity index (χ3v) is 3.36. The van der Waals surface area contributed by atoms with Crippen LogP contribution in [0.2, 0.25) is 0 Å². The van der Waals surface area contributed by atoms with Crippen LogP contribution in [0.3, 0.4) is 0 Å². The number of carbonyl (C=O) groups excluding carboxylic acids is 1. The van der Waals surface area contributed by atoms with E-state index in [2.05, 4.69) is 5.32 Å². The highest BCUT2D eigenvalue weighted by atomic mass is 16.6. The second-order valence-corrected chi connectivity index (χ2v) is 5.89. The Morgan fingerprint density at radius 3 is 2.69 bits per heavy atom. The summed E-state index contributed by atoms with van der Waals surface area (Å²) in [5.41, 5.74) is -0.387. The van der Waals surface area contributed by atoms with Crippen molar-refractivity contribution in [3.63, 3.8) is 0 Å². The van der Waals surface area contributed by atoms with Gasteiger partial charge in [-0.15, -0.1) is 0 Å². The van der Waals surface area contributed by atoms with Gasteiger partial charge in [-0.2, -0.15) is 0 Å². The molecule has 92 valence electrons. The van der Waals surface area contributed by atoms with Crippen molar-refractivity contribution in [3.05, 3.63) is 0 Å². The predicted octanol–water partition coefficient (Wildman–Crippen LogP) is 1.46. The Balaban J connectivity index is 1.89. The summed E-state index contributed by atoms with van der Waals surface area (Å²) in [6.07, 6.45) is 0.953. The van der Waals surface area contributed by atoms with Crippen LogP contribution in [0.4, 0.5) is 4.79 Å². The fourth-order valence-corrected chi connectivity index (χ4v) is 2.53. The molecule has 2 saturated heterocycles. The third-order valence-electron chi connectivity index (χ3n) is 3.36. The first-order chi connectivity index (χ1) is 7.46. The molecule has 2 atom stereocenters. The SMILES string of the molecule is CC(C)(C)OC(=O)N1CC[C@H]2CNC[C@@H]2C1. The van der Waals surface area contributed by atoms with Crippen molar-refractivity contribution in [2.24, 2.45) is 11.8 Å². The van der Waals surface area contributed by atoms with E-state index in [1.807, 2.05) is 25.7 Å². The molecule has 1 N–H and O–H groups in total. The molecule has 0 bridgehead atoms. The second kappa shape index (κ2) is 4.24. The average Bonchev–Trinajstić information content (AvgIpc) is 2.61. The zero-order chi connectivity index (χ0) is 11.8. The third kappa shape index (κ3) is 2.67. The topological polar surface area (TPSA) is 41.6 Å². The van der Waals surface area contributed by atoms with E-state index in [0.717, 1.165) is 38.5 Å². The summed E-state index contributed by atoms with van der Waals surface area (Å²) >= 11 is 0. The van der Waals surface area contributed by atoms with E-state index in [1.54, 1.807) is 0 Å². The van der Waals surface area contributed by atoms with Gasteiger partial charge in [0.15, 0.2) is 0 Å². The zero-order valence-corrected chi connectivity index (χ0v) is 10.5. The van der Waals surface area contributed by atoms with Crippen LogP contribution in [0.5, 0.6) is 0 Å². The first-order valence-electron chi connectivity index (χ1n) is 6.14. The van der Waals surface area contributed by atoms with Crippen LogP contribution < -0.4 is 5.32 Å². The monoisotopic (exact) mass is 226 g/mol.